The van der Waals surface area contributed by atoms with Crippen molar-refractivity contribution in [1.29, 1.82) is 0 Å². The molecular weight excluding hydrogens is 410 g/mol. The van der Waals surface area contributed by atoms with Crippen LogP contribution < -0.4 is 4.74 Å². The predicted molar refractivity (Wildman–Crippen MR) is 110 cm³/mol. The van der Waals surface area contributed by atoms with E-state index in [9.17, 15) is 19.5 Å². The number of amides is 1. The Morgan fingerprint density at radius 1 is 1.33 bits per heavy atom. The second-order valence-electron chi connectivity index (χ2n) is 7.17. The van der Waals surface area contributed by atoms with E-state index in [1.165, 1.54) is 20.2 Å². The summed E-state index contributed by atoms with van der Waals surface area (Å²) in [5.41, 5.74) is 1.44. The minimum atomic E-state index is -1.15. The summed E-state index contributed by atoms with van der Waals surface area (Å²) in [6, 6.07) is 9.32. The number of methoxy groups -OCH3 is 1. The van der Waals surface area contributed by atoms with E-state index in [1.54, 1.807) is 31.2 Å². The van der Waals surface area contributed by atoms with Gasteiger partial charge in [-0.15, -0.1) is 0 Å². The number of ether oxygens (including phenoxy) is 2. The Balaban J connectivity index is 2.01. The highest BCUT2D eigenvalue weighted by atomic mass is 35.5. The van der Waals surface area contributed by atoms with E-state index in [2.05, 4.69) is 0 Å². The highest BCUT2D eigenvalue weighted by Crippen LogP contribution is 2.38. The SMILES string of the molecule is COc1c(C(=O)N(C)[C@@H](Cc2ccccc2)C(=O)O)cc(Cl)c2c1C(=O)O[C@H](C)C2. The second-order valence-corrected chi connectivity index (χ2v) is 7.58. The second kappa shape index (κ2) is 8.75. The van der Waals surface area contributed by atoms with Gasteiger partial charge in [0.15, 0.2) is 0 Å². The molecule has 2 aromatic rings. The fraction of sp³-hybridized carbons (Fsp3) is 0.318. The highest BCUT2D eigenvalue weighted by molar-refractivity contribution is 6.32. The number of nitrogens with zero attached hydrogens (tertiary/aromatic N) is 1. The van der Waals surface area contributed by atoms with Crippen LogP contribution in [0.5, 0.6) is 5.75 Å². The summed E-state index contributed by atoms with van der Waals surface area (Å²) in [5, 5.41) is 9.96. The van der Waals surface area contributed by atoms with E-state index in [1.807, 2.05) is 6.07 Å². The summed E-state index contributed by atoms with van der Waals surface area (Å²) < 4.78 is 10.7. The first-order valence-corrected chi connectivity index (χ1v) is 9.76. The lowest BCUT2D eigenvalue weighted by Crippen LogP contribution is -2.44. The van der Waals surface area contributed by atoms with E-state index >= 15 is 0 Å². The van der Waals surface area contributed by atoms with Gasteiger partial charge in [-0.3, -0.25) is 4.79 Å². The van der Waals surface area contributed by atoms with Gasteiger partial charge in [-0.25, -0.2) is 9.59 Å². The number of carboxylic acid groups (broad SMARTS) is 1. The Bertz CT molecular complexity index is 991. The van der Waals surface area contributed by atoms with Crippen LogP contribution in [0.1, 0.15) is 38.8 Å². The number of halogens is 1. The summed E-state index contributed by atoms with van der Waals surface area (Å²) in [6.45, 7) is 1.75. The number of carboxylic acids is 1. The van der Waals surface area contributed by atoms with Gasteiger partial charge in [0.1, 0.15) is 23.5 Å². The molecule has 0 fully saturated rings. The van der Waals surface area contributed by atoms with Crippen LogP contribution in [0.25, 0.3) is 0 Å². The van der Waals surface area contributed by atoms with E-state index in [-0.39, 0.29) is 34.4 Å². The normalized spacial score (nSPS) is 16.3. The fourth-order valence-electron chi connectivity index (χ4n) is 3.59. The molecule has 3 rings (SSSR count). The number of carbonyl (C=O) groups is 3. The molecular formula is C22H22ClNO6. The molecule has 7 nitrogen and oxygen atoms in total. The number of benzene rings is 2. The first-order chi connectivity index (χ1) is 14.2. The minimum Gasteiger partial charge on any atom is -0.495 e. The van der Waals surface area contributed by atoms with Crippen molar-refractivity contribution in [2.24, 2.45) is 0 Å². The quantitative estimate of drug-likeness (QED) is 0.706. The summed E-state index contributed by atoms with van der Waals surface area (Å²) in [4.78, 5) is 38.7. The van der Waals surface area contributed by atoms with Gasteiger partial charge < -0.3 is 19.5 Å². The van der Waals surface area contributed by atoms with E-state index < -0.39 is 23.9 Å². The van der Waals surface area contributed by atoms with Crippen LogP contribution in [0.3, 0.4) is 0 Å². The molecule has 2 atom stereocenters. The molecule has 1 aliphatic heterocycles. The van der Waals surface area contributed by atoms with E-state index in [0.717, 1.165) is 10.5 Å². The smallest absolute Gasteiger partial charge is 0.342 e. The Morgan fingerprint density at radius 3 is 2.60 bits per heavy atom. The van der Waals surface area contributed by atoms with Crippen molar-refractivity contribution >= 4 is 29.4 Å². The molecule has 0 aliphatic carbocycles. The van der Waals surface area contributed by atoms with Crippen LogP contribution in [0, 0.1) is 0 Å². The first-order valence-electron chi connectivity index (χ1n) is 9.38. The van der Waals surface area contributed by atoms with Crippen LogP contribution in [-0.2, 0) is 22.4 Å². The van der Waals surface area contributed by atoms with E-state index in [0.29, 0.717) is 12.0 Å². The molecule has 1 heterocycles. The predicted octanol–water partition coefficient (Wildman–Crippen LogP) is 3.22. The summed E-state index contributed by atoms with van der Waals surface area (Å²) in [6.07, 6.45) is 0.171. The third-order valence-corrected chi connectivity index (χ3v) is 5.45. The molecule has 0 aromatic heterocycles. The molecule has 1 amide bonds. The molecule has 1 aliphatic rings. The number of hydrogen-bond donors (Lipinski definition) is 1. The van der Waals surface area contributed by atoms with Gasteiger partial charge in [0.05, 0.1) is 12.7 Å². The molecule has 0 saturated carbocycles. The zero-order chi connectivity index (χ0) is 22.0. The number of esters is 1. The van der Waals surface area contributed by atoms with Gasteiger partial charge >= 0.3 is 11.9 Å². The maximum Gasteiger partial charge on any atom is 0.342 e. The largest absolute Gasteiger partial charge is 0.495 e. The van der Waals surface area contributed by atoms with E-state index in [4.69, 9.17) is 21.1 Å². The van der Waals surface area contributed by atoms with Gasteiger partial charge in [0.2, 0.25) is 0 Å². The van der Waals surface area contributed by atoms with Gasteiger partial charge in [0, 0.05) is 24.9 Å². The number of fused-ring (bicyclic) bond motifs is 1. The van der Waals surface area contributed by atoms with Crippen LogP contribution in [-0.4, -0.2) is 54.2 Å². The molecule has 30 heavy (non-hydrogen) atoms. The lowest BCUT2D eigenvalue weighted by molar-refractivity contribution is -0.141. The molecule has 8 heteroatoms. The van der Waals surface area contributed by atoms with Crippen molar-refractivity contribution in [2.75, 3.05) is 14.2 Å². The Kier molecular flexibility index (Phi) is 6.31. The van der Waals surface area contributed by atoms with Crippen molar-refractivity contribution in [2.45, 2.75) is 31.9 Å². The number of carbonyl (C=O) groups excluding carboxylic acids is 2. The average Bonchev–Trinajstić information content (AvgIpc) is 2.71. The molecule has 2 aromatic carbocycles. The van der Waals surface area contributed by atoms with Gasteiger partial charge in [-0.2, -0.15) is 0 Å². The number of rotatable bonds is 6. The Hall–Kier alpha value is -3.06. The van der Waals surface area contributed by atoms with Crippen molar-refractivity contribution in [3.8, 4) is 5.75 Å². The topological polar surface area (TPSA) is 93.1 Å². The van der Waals surface area contributed by atoms with Gasteiger partial charge in [-0.05, 0) is 24.1 Å². The van der Waals surface area contributed by atoms with Crippen LogP contribution in [0.4, 0.5) is 0 Å². The zero-order valence-electron chi connectivity index (χ0n) is 16.8. The maximum absolute atomic E-state index is 13.2. The van der Waals surface area contributed by atoms with Gasteiger partial charge in [-0.1, -0.05) is 41.9 Å². The highest BCUT2D eigenvalue weighted by Gasteiger charge is 2.35. The number of hydrogen-bond acceptors (Lipinski definition) is 5. The van der Waals surface area contributed by atoms with Gasteiger partial charge in [0.25, 0.3) is 5.91 Å². The third-order valence-electron chi connectivity index (χ3n) is 5.12. The standard InChI is InChI=1S/C22H22ClNO6/c1-12-9-14-16(23)11-15(19(29-3)18(14)22(28)30-12)20(25)24(2)17(21(26)27)10-13-7-5-4-6-8-13/h4-8,11-12,17H,9-10H2,1-3H3,(H,26,27)/t12-,17+/m1/s1. The molecule has 0 saturated heterocycles. The number of cyclic esters (lactones) is 1. The lowest BCUT2D eigenvalue weighted by atomic mass is 9.94. The summed E-state index contributed by atoms with van der Waals surface area (Å²) in [5.74, 6) is -2.36. The third kappa shape index (κ3) is 4.11. The van der Waals surface area contributed by atoms with Crippen LogP contribution >= 0.6 is 11.6 Å². The zero-order valence-corrected chi connectivity index (χ0v) is 17.6. The van der Waals surface area contributed by atoms with Crippen molar-refractivity contribution in [3.63, 3.8) is 0 Å². The number of aliphatic carboxylic acids is 1. The van der Waals surface area contributed by atoms with Crippen LogP contribution in [0.15, 0.2) is 36.4 Å². The average molecular weight is 432 g/mol. The molecule has 0 bridgehead atoms. The first kappa shape index (κ1) is 21.6. The maximum atomic E-state index is 13.2. The minimum absolute atomic E-state index is 0.00886. The summed E-state index contributed by atoms with van der Waals surface area (Å²) >= 11 is 6.38. The van der Waals surface area contributed by atoms with Crippen LogP contribution in [0.2, 0.25) is 5.02 Å². The van der Waals surface area contributed by atoms with Crippen molar-refractivity contribution in [3.05, 3.63) is 63.7 Å². The Labute approximate surface area is 179 Å². The molecule has 1 N–H and O–H groups in total. The number of likely N-dealkylation sites (N-methyl/N-ethyl adjacent to an activating group) is 1. The Morgan fingerprint density at radius 2 is 2.00 bits per heavy atom. The molecule has 0 unspecified atom stereocenters. The molecule has 158 valence electrons. The lowest BCUT2D eigenvalue weighted by Gasteiger charge is -2.28. The molecule has 0 spiro atoms. The molecule has 0 radical (unpaired) electrons. The summed E-state index contributed by atoms with van der Waals surface area (Å²) in [7, 11) is 2.74. The fourth-order valence-corrected chi connectivity index (χ4v) is 3.87. The van der Waals surface area contributed by atoms with Crippen molar-refractivity contribution in [1.82, 2.24) is 4.90 Å². The van der Waals surface area contributed by atoms with Crippen molar-refractivity contribution < 1.29 is 29.0 Å². The monoisotopic (exact) mass is 431 g/mol.